The fraction of sp³-hybridized carbons (Fsp3) is 0.214. The summed E-state index contributed by atoms with van der Waals surface area (Å²) in [6.07, 6.45) is 2.92. The molecular weight excluding hydrogens is 242 g/mol. The van der Waals surface area contributed by atoms with Crippen LogP contribution in [0.2, 0.25) is 0 Å². The van der Waals surface area contributed by atoms with Crippen LogP contribution in [0.5, 0.6) is 0 Å². The minimum absolute atomic E-state index is 0.148. The number of rotatable bonds is 3. The number of thiazole rings is 1. The lowest BCUT2D eigenvalue weighted by molar-refractivity contribution is 0.726. The Morgan fingerprint density at radius 1 is 1.33 bits per heavy atom. The number of hydrogen-bond donors (Lipinski definition) is 1. The molecule has 0 radical (unpaired) electrons. The van der Waals surface area contributed by atoms with Crippen molar-refractivity contribution in [3.05, 3.63) is 47.6 Å². The molecule has 0 saturated heterocycles. The maximum absolute atomic E-state index is 5.82. The first-order chi connectivity index (χ1) is 8.74. The zero-order chi connectivity index (χ0) is 12.5. The van der Waals surface area contributed by atoms with Crippen LogP contribution >= 0.6 is 11.3 Å². The van der Waals surface area contributed by atoms with E-state index in [1.54, 1.807) is 11.3 Å². The molecule has 0 saturated carbocycles. The maximum Gasteiger partial charge on any atom is 0.194 e. The van der Waals surface area contributed by atoms with Crippen molar-refractivity contribution in [2.45, 2.75) is 19.4 Å². The highest BCUT2D eigenvalue weighted by atomic mass is 32.1. The molecule has 1 atom stereocenters. The smallest absolute Gasteiger partial charge is 0.194 e. The number of imidazole rings is 1. The predicted molar refractivity (Wildman–Crippen MR) is 75.9 cm³/mol. The van der Waals surface area contributed by atoms with E-state index in [1.807, 2.05) is 13.0 Å². The van der Waals surface area contributed by atoms with E-state index in [2.05, 4.69) is 45.2 Å². The van der Waals surface area contributed by atoms with Crippen molar-refractivity contribution >= 4 is 16.3 Å². The molecule has 2 aromatic heterocycles. The molecule has 4 heteroatoms. The summed E-state index contributed by atoms with van der Waals surface area (Å²) < 4.78 is 2.15. The Morgan fingerprint density at radius 2 is 2.11 bits per heavy atom. The van der Waals surface area contributed by atoms with Gasteiger partial charge in [-0.3, -0.25) is 4.40 Å². The van der Waals surface area contributed by atoms with Crippen molar-refractivity contribution in [3.63, 3.8) is 0 Å². The number of fused-ring (bicyclic) bond motifs is 1. The maximum atomic E-state index is 5.82. The first-order valence-corrected chi connectivity index (χ1v) is 6.88. The fourth-order valence-corrected chi connectivity index (χ4v) is 2.98. The van der Waals surface area contributed by atoms with E-state index in [0.29, 0.717) is 0 Å². The van der Waals surface area contributed by atoms with Gasteiger partial charge in [-0.15, -0.1) is 11.3 Å². The minimum atomic E-state index is 0.148. The molecule has 0 aliphatic carbocycles. The van der Waals surface area contributed by atoms with Crippen LogP contribution in [0.3, 0.4) is 0 Å². The highest BCUT2D eigenvalue weighted by Gasteiger charge is 2.10. The van der Waals surface area contributed by atoms with Crippen LogP contribution in [0, 0.1) is 0 Å². The molecule has 3 aromatic rings. The average Bonchev–Trinajstić information content (AvgIpc) is 2.88. The lowest BCUT2D eigenvalue weighted by atomic mass is 10.2. The summed E-state index contributed by atoms with van der Waals surface area (Å²) in [7, 11) is 0. The standard InChI is InChI=1S/C14H15N3S/c1-10(15)7-12-8-17-13(9-18-14(17)16-12)11-5-3-2-4-6-11/h2-6,8-10H,7,15H2,1H3. The molecule has 0 spiro atoms. The Hall–Kier alpha value is -1.65. The summed E-state index contributed by atoms with van der Waals surface area (Å²) in [6.45, 7) is 2.01. The quantitative estimate of drug-likeness (QED) is 0.784. The predicted octanol–water partition coefficient (Wildman–Crippen LogP) is 2.95. The topological polar surface area (TPSA) is 43.3 Å². The second-order valence-corrected chi connectivity index (χ2v) is 5.39. The highest BCUT2D eigenvalue weighted by molar-refractivity contribution is 7.15. The van der Waals surface area contributed by atoms with Crippen LogP contribution in [0.15, 0.2) is 41.9 Å². The van der Waals surface area contributed by atoms with Crippen molar-refractivity contribution in [2.75, 3.05) is 0 Å². The molecule has 3 rings (SSSR count). The molecule has 0 amide bonds. The summed E-state index contributed by atoms with van der Waals surface area (Å²) in [5, 5.41) is 2.15. The van der Waals surface area contributed by atoms with E-state index in [1.165, 1.54) is 11.3 Å². The van der Waals surface area contributed by atoms with Crippen LogP contribution < -0.4 is 5.73 Å². The second-order valence-electron chi connectivity index (χ2n) is 4.55. The molecule has 1 unspecified atom stereocenters. The normalized spacial score (nSPS) is 13.0. The molecular formula is C14H15N3S. The molecule has 0 aliphatic heterocycles. The molecule has 0 fully saturated rings. The molecule has 2 heterocycles. The van der Waals surface area contributed by atoms with Crippen molar-refractivity contribution in [1.82, 2.24) is 9.38 Å². The Bertz CT molecular complexity index is 652. The van der Waals surface area contributed by atoms with Gasteiger partial charge in [0.05, 0.1) is 11.4 Å². The van der Waals surface area contributed by atoms with Gasteiger partial charge in [0.2, 0.25) is 0 Å². The molecule has 0 bridgehead atoms. The van der Waals surface area contributed by atoms with Gasteiger partial charge in [0.15, 0.2) is 4.96 Å². The number of nitrogens with zero attached hydrogens (tertiary/aromatic N) is 2. The van der Waals surface area contributed by atoms with Gasteiger partial charge in [0.1, 0.15) is 0 Å². The van der Waals surface area contributed by atoms with E-state index >= 15 is 0 Å². The van der Waals surface area contributed by atoms with Crippen LogP contribution in [-0.4, -0.2) is 15.4 Å². The summed E-state index contributed by atoms with van der Waals surface area (Å²) in [5.41, 5.74) is 9.29. The van der Waals surface area contributed by atoms with Gasteiger partial charge in [-0.25, -0.2) is 4.98 Å². The summed E-state index contributed by atoms with van der Waals surface area (Å²) >= 11 is 1.67. The third kappa shape index (κ3) is 2.05. The van der Waals surface area contributed by atoms with Gasteiger partial charge in [-0.1, -0.05) is 30.3 Å². The number of nitrogens with two attached hydrogens (primary N) is 1. The van der Waals surface area contributed by atoms with E-state index in [4.69, 9.17) is 5.73 Å². The first kappa shape index (κ1) is 11.4. The second kappa shape index (κ2) is 4.55. The third-order valence-electron chi connectivity index (χ3n) is 2.86. The van der Waals surface area contributed by atoms with Gasteiger partial charge >= 0.3 is 0 Å². The average molecular weight is 257 g/mol. The van der Waals surface area contributed by atoms with Gasteiger partial charge in [-0.05, 0) is 12.5 Å². The zero-order valence-corrected chi connectivity index (χ0v) is 11.0. The Balaban J connectivity index is 2.06. The Kier molecular flexibility index (Phi) is 2.89. The van der Waals surface area contributed by atoms with Crippen molar-refractivity contribution in [3.8, 4) is 11.3 Å². The highest BCUT2D eigenvalue weighted by Crippen LogP contribution is 2.26. The van der Waals surface area contributed by atoms with E-state index in [-0.39, 0.29) is 6.04 Å². The minimum Gasteiger partial charge on any atom is -0.328 e. The fourth-order valence-electron chi connectivity index (χ4n) is 2.08. The molecule has 2 N–H and O–H groups in total. The molecule has 92 valence electrons. The van der Waals surface area contributed by atoms with Crippen LogP contribution in [-0.2, 0) is 6.42 Å². The Labute approximate surface area is 110 Å². The van der Waals surface area contributed by atoms with Gasteiger partial charge in [0.25, 0.3) is 0 Å². The molecule has 1 aromatic carbocycles. The summed E-state index contributed by atoms with van der Waals surface area (Å²) in [6, 6.07) is 10.5. The first-order valence-electron chi connectivity index (χ1n) is 6.00. The van der Waals surface area contributed by atoms with Crippen LogP contribution in [0.4, 0.5) is 0 Å². The van der Waals surface area contributed by atoms with Crippen molar-refractivity contribution < 1.29 is 0 Å². The third-order valence-corrected chi connectivity index (χ3v) is 3.70. The summed E-state index contributed by atoms with van der Waals surface area (Å²) in [4.78, 5) is 5.63. The van der Waals surface area contributed by atoms with Gasteiger partial charge in [-0.2, -0.15) is 0 Å². The lowest BCUT2D eigenvalue weighted by Crippen LogP contribution is -2.17. The molecule has 18 heavy (non-hydrogen) atoms. The van der Waals surface area contributed by atoms with Gasteiger partial charge < -0.3 is 5.73 Å². The number of aromatic nitrogens is 2. The van der Waals surface area contributed by atoms with Crippen molar-refractivity contribution in [2.24, 2.45) is 5.73 Å². The monoisotopic (exact) mass is 257 g/mol. The van der Waals surface area contributed by atoms with Crippen LogP contribution in [0.25, 0.3) is 16.2 Å². The van der Waals surface area contributed by atoms with E-state index < -0.39 is 0 Å². The largest absolute Gasteiger partial charge is 0.328 e. The summed E-state index contributed by atoms with van der Waals surface area (Å²) in [5.74, 6) is 0. The molecule has 0 aliphatic rings. The van der Waals surface area contributed by atoms with E-state index in [9.17, 15) is 0 Å². The SMILES string of the molecule is CC(N)Cc1cn2c(-c3ccccc3)csc2n1. The van der Waals surface area contributed by atoms with E-state index in [0.717, 1.165) is 17.1 Å². The number of hydrogen-bond acceptors (Lipinski definition) is 3. The van der Waals surface area contributed by atoms with Crippen molar-refractivity contribution in [1.29, 1.82) is 0 Å². The number of benzene rings is 1. The molecule has 3 nitrogen and oxygen atoms in total. The zero-order valence-electron chi connectivity index (χ0n) is 10.2. The van der Waals surface area contributed by atoms with Gasteiger partial charge in [0, 0.05) is 24.0 Å². The Morgan fingerprint density at radius 3 is 2.83 bits per heavy atom. The van der Waals surface area contributed by atoms with Crippen LogP contribution in [0.1, 0.15) is 12.6 Å². The lowest BCUT2D eigenvalue weighted by Gasteiger charge is -2.00.